The van der Waals surface area contributed by atoms with Crippen LogP contribution >= 0.6 is 11.8 Å². The number of amides is 1. The lowest BCUT2D eigenvalue weighted by molar-refractivity contribution is -0.151. The zero-order valence-electron chi connectivity index (χ0n) is 11.4. The van der Waals surface area contributed by atoms with Crippen LogP contribution < -0.4 is 5.73 Å². The maximum absolute atomic E-state index is 12.5. The summed E-state index contributed by atoms with van der Waals surface area (Å²) in [5.74, 6) is 0. The van der Waals surface area contributed by atoms with Crippen molar-refractivity contribution in [3.8, 4) is 0 Å². The van der Waals surface area contributed by atoms with Crippen LogP contribution in [0.4, 0.5) is 4.79 Å². The van der Waals surface area contributed by atoms with E-state index in [2.05, 4.69) is 0 Å². The number of thioether (sulfide) groups is 1. The Morgan fingerprint density at radius 2 is 1.85 bits per heavy atom. The highest BCUT2D eigenvalue weighted by Gasteiger charge is 2.49. The number of hydrogen-bond donors (Lipinski definition) is 1. The van der Waals surface area contributed by atoms with Gasteiger partial charge in [-0.05, 0) is 19.1 Å². The maximum atomic E-state index is 12.5. The van der Waals surface area contributed by atoms with Crippen LogP contribution in [0.25, 0.3) is 0 Å². The molecule has 1 aromatic carbocycles. The van der Waals surface area contributed by atoms with Crippen molar-refractivity contribution in [2.75, 3.05) is 19.3 Å². The van der Waals surface area contributed by atoms with Gasteiger partial charge in [0.05, 0.1) is 0 Å². The molecule has 0 saturated carbocycles. The minimum atomic E-state index is -1.41. The third-order valence-electron chi connectivity index (χ3n) is 3.43. The summed E-state index contributed by atoms with van der Waals surface area (Å²) in [6, 6.07) is 9.06. The van der Waals surface area contributed by atoms with E-state index >= 15 is 0 Å². The van der Waals surface area contributed by atoms with Crippen molar-refractivity contribution in [1.82, 2.24) is 4.90 Å². The number of nitrogens with two attached hydrogens (primary N) is 1. The average molecular weight is 294 g/mol. The summed E-state index contributed by atoms with van der Waals surface area (Å²) < 4.78 is 5.36. The second kappa shape index (κ2) is 6.28. The SMILES string of the molecule is CSC(=O)C(OC(N)=O)(c1ccccc1)N1CCCC1. The van der Waals surface area contributed by atoms with Crippen LogP contribution in [-0.4, -0.2) is 35.5 Å². The Kier molecular flexibility index (Phi) is 4.67. The second-order valence-corrected chi connectivity index (χ2v) is 5.40. The summed E-state index contributed by atoms with van der Waals surface area (Å²) >= 11 is 1.04. The zero-order valence-corrected chi connectivity index (χ0v) is 12.2. The van der Waals surface area contributed by atoms with Crippen LogP contribution in [0.1, 0.15) is 18.4 Å². The van der Waals surface area contributed by atoms with Gasteiger partial charge in [-0.25, -0.2) is 4.79 Å². The van der Waals surface area contributed by atoms with E-state index in [1.165, 1.54) is 0 Å². The molecular formula is C14H18N2O3S. The van der Waals surface area contributed by atoms with E-state index < -0.39 is 11.8 Å². The third kappa shape index (κ3) is 2.66. The van der Waals surface area contributed by atoms with Gasteiger partial charge in [-0.15, -0.1) is 0 Å². The Labute approximate surface area is 122 Å². The molecule has 1 aliphatic heterocycles. The van der Waals surface area contributed by atoms with E-state index in [9.17, 15) is 9.59 Å². The number of ether oxygens (including phenoxy) is 1. The number of carbonyl (C=O) groups is 2. The number of nitrogens with zero attached hydrogens (tertiary/aromatic N) is 1. The molecule has 0 spiro atoms. The molecule has 1 atom stereocenters. The van der Waals surface area contributed by atoms with Gasteiger partial charge in [-0.1, -0.05) is 42.1 Å². The molecule has 1 unspecified atom stereocenters. The van der Waals surface area contributed by atoms with Crippen molar-refractivity contribution in [2.24, 2.45) is 5.73 Å². The fraction of sp³-hybridized carbons (Fsp3) is 0.429. The van der Waals surface area contributed by atoms with E-state index in [0.717, 1.165) is 24.6 Å². The van der Waals surface area contributed by atoms with Crippen LogP contribution in [0.15, 0.2) is 30.3 Å². The minimum absolute atomic E-state index is 0.232. The zero-order chi connectivity index (χ0) is 14.6. The lowest BCUT2D eigenvalue weighted by atomic mass is 10.0. The lowest BCUT2D eigenvalue weighted by Crippen LogP contribution is -2.53. The first-order chi connectivity index (χ1) is 9.61. The molecule has 20 heavy (non-hydrogen) atoms. The summed E-state index contributed by atoms with van der Waals surface area (Å²) in [5.41, 5.74) is 4.45. The predicted molar refractivity (Wildman–Crippen MR) is 78.1 cm³/mol. The number of rotatable bonds is 4. The summed E-state index contributed by atoms with van der Waals surface area (Å²) in [6.07, 6.45) is 2.68. The largest absolute Gasteiger partial charge is 0.415 e. The van der Waals surface area contributed by atoms with E-state index in [1.54, 1.807) is 18.4 Å². The van der Waals surface area contributed by atoms with Crippen LogP contribution in [0.3, 0.4) is 0 Å². The normalized spacial score (nSPS) is 18.4. The predicted octanol–water partition coefficient (Wildman–Crippen LogP) is 1.92. The molecular weight excluding hydrogens is 276 g/mol. The molecule has 2 N–H and O–H groups in total. The average Bonchev–Trinajstić information content (AvgIpc) is 2.99. The first-order valence-corrected chi connectivity index (χ1v) is 7.71. The fourth-order valence-corrected chi connectivity index (χ4v) is 3.14. The first kappa shape index (κ1) is 14.9. The molecule has 0 bridgehead atoms. The second-order valence-electron chi connectivity index (χ2n) is 4.62. The van der Waals surface area contributed by atoms with Crippen molar-refractivity contribution in [1.29, 1.82) is 0 Å². The van der Waals surface area contributed by atoms with Crippen LogP contribution in [0.5, 0.6) is 0 Å². The van der Waals surface area contributed by atoms with E-state index in [4.69, 9.17) is 10.5 Å². The molecule has 1 aromatic rings. The first-order valence-electron chi connectivity index (χ1n) is 6.48. The molecule has 5 nitrogen and oxygen atoms in total. The standard InChI is InChI=1S/C14H18N2O3S/c1-20-12(17)14(19-13(15)18,16-9-5-6-10-16)11-7-3-2-4-8-11/h2-4,7-8H,5-6,9-10H2,1H3,(H2,15,18). The van der Waals surface area contributed by atoms with Crippen molar-refractivity contribution < 1.29 is 14.3 Å². The molecule has 1 amide bonds. The molecule has 0 aromatic heterocycles. The number of likely N-dealkylation sites (tertiary alicyclic amines) is 1. The molecule has 0 aliphatic carbocycles. The summed E-state index contributed by atoms with van der Waals surface area (Å²) in [6.45, 7) is 1.41. The molecule has 1 heterocycles. The quantitative estimate of drug-likeness (QED) is 0.918. The molecule has 6 heteroatoms. The Bertz CT molecular complexity index is 488. The van der Waals surface area contributed by atoms with Gasteiger partial charge in [0.15, 0.2) is 0 Å². The smallest absolute Gasteiger partial charge is 0.406 e. The Hall–Kier alpha value is -1.53. The van der Waals surface area contributed by atoms with Gasteiger partial charge in [0.1, 0.15) is 0 Å². The fourth-order valence-electron chi connectivity index (χ4n) is 2.57. The van der Waals surface area contributed by atoms with Gasteiger partial charge >= 0.3 is 6.09 Å². The highest BCUT2D eigenvalue weighted by molar-refractivity contribution is 8.13. The van der Waals surface area contributed by atoms with Gasteiger partial charge in [-0.2, -0.15) is 0 Å². The van der Waals surface area contributed by atoms with E-state index in [1.807, 2.05) is 23.1 Å². The molecule has 1 aliphatic rings. The van der Waals surface area contributed by atoms with Gasteiger partial charge in [0, 0.05) is 18.7 Å². The molecule has 108 valence electrons. The van der Waals surface area contributed by atoms with Crippen molar-refractivity contribution >= 4 is 23.0 Å². The summed E-state index contributed by atoms with van der Waals surface area (Å²) in [5, 5.41) is -0.232. The van der Waals surface area contributed by atoms with Crippen LogP contribution in [0, 0.1) is 0 Å². The number of benzene rings is 1. The van der Waals surface area contributed by atoms with Crippen LogP contribution in [0.2, 0.25) is 0 Å². The van der Waals surface area contributed by atoms with Crippen molar-refractivity contribution in [3.05, 3.63) is 35.9 Å². The maximum Gasteiger partial charge on any atom is 0.406 e. The molecule has 1 fully saturated rings. The van der Waals surface area contributed by atoms with E-state index in [-0.39, 0.29) is 5.12 Å². The van der Waals surface area contributed by atoms with Gasteiger partial charge < -0.3 is 10.5 Å². The molecule has 2 rings (SSSR count). The number of hydrogen-bond acceptors (Lipinski definition) is 5. The highest BCUT2D eigenvalue weighted by atomic mass is 32.2. The van der Waals surface area contributed by atoms with Crippen LogP contribution in [-0.2, 0) is 15.3 Å². The number of carbonyl (C=O) groups excluding carboxylic acids is 2. The number of primary amides is 1. The molecule has 0 radical (unpaired) electrons. The van der Waals surface area contributed by atoms with Gasteiger partial charge in [0.25, 0.3) is 10.8 Å². The summed E-state index contributed by atoms with van der Waals surface area (Å²) in [4.78, 5) is 25.8. The van der Waals surface area contributed by atoms with Gasteiger partial charge in [0.2, 0.25) is 0 Å². The van der Waals surface area contributed by atoms with Crippen molar-refractivity contribution in [3.63, 3.8) is 0 Å². The minimum Gasteiger partial charge on any atom is -0.415 e. The van der Waals surface area contributed by atoms with Gasteiger partial charge in [-0.3, -0.25) is 9.69 Å². The highest BCUT2D eigenvalue weighted by Crippen LogP contribution is 2.37. The Morgan fingerprint density at radius 3 is 2.35 bits per heavy atom. The monoisotopic (exact) mass is 294 g/mol. The van der Waals surface area contributed by atoms with E-state index in [0.29, 0.717) is 18.7 Å². The Balaban J connectivity index is 2.53. The third-order valence-corrected chi connectivity index (χ3v) is 4.07. The van der Waals surface area contributed by atoms with Crippen molar-refractivity contribution in [2.45, 2.75) is 18.6 Å². The topological polar surface area (TPSA) is 72.6 Å². The Morgan fingerprint density at radius 1 is 1.25 bits per heavy atom. The summed E-state index contributed by atoms with van der Waals surface area (Å²) in [7, 11) is 0. The molecule has 1 saturated heterocycles. The lowest BCUT2D eigenvalue weighted by Gasteiger charge is -2.38.